The molecular weight excluding hydrogens is 338 g/mol. The fourth-order valence-corrected chi connectivity index (χ4v) is 3.48. The minimum absolute atomic E-state index is 0.215. The zero-order valence-electron chi connectivity index (χ0n) is 16.5. The molecule has 144 valence electrons. The molecule has 1 fully saturated rings. The smallest absolute Gasteiger partial charge is 0.224 e. The molecule has 5 heteroatoms. The van der Waals surface area contributed by atoms with Crippen molar-refractivity contribution in [3.63, 3.8) is 0 Å². The fraction of sp³-hybridized carbons (Fsp3) is 0.409. The molecule has 2 aromatic rings. The van der Waals surface area contributed by atoms with E-state index in [1.54, 1.807) is 7.11 Å². The summed E-state index contributed by atoms with van der Waals surface area (Å²) in [6.45, 7) is 7.99. The normalized spacial score (nSPS) is 14.2. The zero-order chi connectivity index (χ0) is 19.2. The largest absolute Gasteiger partial charge is 0.495 e. The van der Waals surface area contributed by atoms with Gasteiger partial charge in [-0.1, -0.05) is 24.3 Å². The van der Waals surface area contributed by atoms with E-state index in [2.05, 4.69) is 48.3 Å². The first-order chi connectivity index (χ1) is 13.1. The summed E-state index contributed by atoms with van der Waals surface area (Å²) in [7, 11) is 1.70. The van der Waals surface area contributed by atoms with Crippen molar-refractivity contribution in [3.8, 4) is 5.75 Å². The van der Waals surface area contributed by atoms with Gasteiger partial charge in [-0.05, 0) is 43.2 Å². The maximum atomic E-state index is 12.5. The second-order valence-corrected chi connectivity index (χ2v) is 7.03. The molecule has 5 nitrogen and oxygen atoms in total. The van der Waals surface area contributed by atoms with Crippen molar-refractivity contribution in [1.82, 2.24) is 4.90 Å². The molecule has 1 amide bonds. The molecule has 1 heterocycles. The maximum absolute atomic E-state index is 12.5. The number of methoxy groups -OCH3 is 1. The second kappa shape index (κ2) is 8.80. The standard InChI is InChI=1S/C22H29N3O2/c1-17-8-9-18(2)19(16-17)23-11-10-22(26)25-14-12-24(13-15-25)20-6-4-5-7-21(20)27-3/h4-9,16,23H,10-15H2,1-3H3. The Hall–Kier alpha value is -2.69. The van der Waals surface area contributed by atoms with Gasteiger partial charge in [-0.15, -0.1) is 0 Å². The summed E-state index contributed by atoms with van der Waals surface area (Å²) in [6, 6.07) is 14.4. The van der Waals surface area contributed by atoms with Gasteiger partial charge < -0.3 is 19.9 Å². The summed E-state index contributed by atoms with van der Waals surface area (Å²) in [6.07, 6.45) is 0.516. The van der Waals surface area contributed by atoms with Gasteiger partial charge in [0.15, 0.2) is 0 Å². The maximum Gasteiger partial charge on any atom is 0.224 e. The van der Waals surface area contributed by atoms with E-state index in [0.29, 0.717) is 13.0 Å². The summed E-state index contributed by atoms with van der Waals surface area (Å²) >= 11 is 0. The van der Waals surface area contributed by atoms with Crippen LogP contribution in [0.25, 0.3) is 0 Å². The first-order valence-corrected chi connectivity index (χ1v) is 9.55. The van der Waals surface area contributed by atoms with E-state index in [1.807, 2.05) is 23.1 Å². The lowest BCUT2D eigenvalue weighted by molar-refractivity contribution is -0.131. The van der Waals surface area contributed by atoms with E-state index in [1.165, 1.54) is 11.1 Å². The molecule has 0 aliphatic carbocycles. The number of rotatable bonds is 6. The van der Waals surface area contributed by atoms with Gasteiger partial charge in [0.25, 0.3) is 0 Å². The van der Waals surface area contributed by atoms with Gasteiger partial charge in [-0.2, -0.15) is 0 Å². The molecule has 0 saturated carbocycles. The van der Waals surface area contributed by atoms with Gasteiger partial charge >= 0.3 is 0 Å². The number of aryl methyl sites for hydroxylation is 2. The highest BCUT2D eigenvalue weighted by atomic mass is 16.5. The Morgan fingerprint density at radius 2 is 1.81 bits per heavy atom. The predicted octanol–water partition coefficient (Wildman–Crippen LogP) is 3.46. The quantitative estimate of drug-likeness (QED) is 0.849. The average molecular weight is 367 g/mol. The number of para-hydroxylation sites is 2. The molecule has 0 aromatic heterocycles. The Bertz CT molecular complexity index is 783. The Balaban J connectivity index is 1.48. The lowest BCUT2D eigenvalue weighted by atomic mass is 10.1. The van der Waals surface area contributed by atoms with Gasteiger partial charge in [0.1, 0.15) is 5.75 Å². The first kappa shape index (κ1) is 19.1. The van der Waals surface area contributed by atoms with Crippen molar-refractivity contribution in [2.75, 3.05) is 50.1 Å². The molecule has 0 atom stereocenters. The van der Waals surface area contributed by atoms with Crippen LogP contribution in [0.3, 0.4) is 0 Å². The monoisotopic (exact) mass is 367 g/mol. The Morgan fingerprint density at radius 3 is 2.56 bits per heavy atom. The predicted molar refractivity (Wildman–Crippen MR) is 111 cm³/mol. The minimum Gasteiger partial charge on any atom is -0.495 e. The Morgan fingerprint density at radius 1 is 1.07 bits per heavy atom. The number of piperazine rings is 1. The number of anilines is 2. The lowest BCUT2D eigenvalue weighted by Crippen LogP contribution is -2.49. The summed E-state index contributed by atoms with van der Waals surface area (Å²) in [4.78, 5) is 16.8. The van der Waals surface area contributed by atoms with E-state index in [-0.39, 0.29) is 5.91 Å². The highest BCUT2D eigenvalue weighted by Gasteiger charge is 2.22. The summed E-state index contributed by atoms with van der Waals surface area (Å²) in [5.74, 6) is 1.10. The van der Waals surface area contributed by atoms with Crippen LogP contribution in [0.5, 0.6) is 5.75 Å². The van der Waals surface area contributed by atoms with Crippen LogP contribution in [0.1, 0.15) is 17.5 Å². The number of carbonyl (C=O) groups excluding carboxylic acids is 1. The lowest BCUT2D eigenvalue weighted by Gasteiger charge is -2.36. The third kappa shape index (κ3) is 4.73. The molecule has 0 spiro atoms. The molecule has 1 saturated heterocycles. The Labute approximate surface area is 161 Å². The van der Waals surface area contributed by atoms with Crippen LogP contribution in [0.2, 0.25) is 0 Å². The van der Waals surface area contributed by atoms with Crippen molar-refractivity contribution in [2.45, 2.75) is 20.3 Å². The van der Waals surface area contributed by atoms with E-state index in [4.69, 9.17) is 4.74 Å². The van der Waals surface area contributed by atoms with Crippen molar-refractivity contribution < 1.29 is 9.53 Å². The summed E-state index contributed by atoms with van der Waals surface area (Å²) < 4.78 is 5.46. The topological polar surface area (TPSA) is 44.8 Å². The molecule has 1 N–H and O–H groups in total. The molecule has 2 aromatic carbocycles. The Kier molecular flexibility index (Phi) is 6.22. The highest BCUT2D eigenvalue weighted by molar-refractivity contribution is 5.77. The highest BCUT2D eigenvalue weighted by Crippen LogP contribution is 2.28. The molecule has 3 rings (SSSR count). The van der Waals surface area contributed by atoms with E-state index in [9.17, 15) is 4.79 Å². The van der Waals surface area contributed by atoms with E-state index >= 15 is 0 Å². The fourth-order valence-electron chi connectivity index (χ4n) is 3.48. The van der Waals surface area contributed by atoms with E-state index < -0.39 is 0 Å². The number of nitrogens with zero attached hydrogens (tertiary/aromatic N) is 2. The molecule has 1 aliphatic rings. The number of hydrogen-bond acceptors (Lipinski definition) is 4. The third-order valence-corrected chi connectivity index (χ3v) is 5.11. The van der Waals surface area contributed by atoms with Crippen LogP contribution in [0.4, 0.5) is 11.4 Å². The van der Waals surface area contributed by atoms with Crippen LogP contribution in [-0.2, 0) is 4.79 Å². The van der Waals surface area contributed by atoms with Gasteiger partial charge in [0.2, 0.25) is 5.91 Å². The van der Waals surface area contributed by atoms with Crippen LogP contribution in [0.15, 0.2) is 42.5 Å². The average Bonchev–Trinajstić information content (AvgIpc) is 2.70. The number of hydrogen-bond donors (Lipinski definition) is 1. The summed E-state index contributed by atoms with van der Waals surface area (Å²) in [5.41, 5.74) is 4.65. The number of ether oxygens (including phenoxy) is 1. The van der Waals surface area contributed by atoms with Gasteiger partial charge in [0.05, 0.1) is 12.8 Å². The summed E-state index contributed by atoms with van der Waals surface area (Å²) in [5, 5.41) is 3.40. The molecule has 0 unspecified atom stereocenters. The zero-order valence-corrected chi connectivity index (χ0v) is 16.5. The van der Waals surface area contributed by atoms with E-state index in [0.717, 1.165) is 43.3 Å². The van der Waals surface area contributed by atoms with Crippen molar-refractivity contribution in [2.24, 2.45) is 0 Å². The SMILES string of the molecule is COc1ccccc1N1CCN(C(=O)CCNc2cc(C)ccc2C)CC1. The first-order valence-electron chi connectivity index (χ1n) is 9.55. The van der Waals surface area contributed by atoms with Crippen LogP contribution >= 0.6 is 0 Å². The van der Waals surface area contributed by atoms with Crippen LogP contribution in [-0.4, -0.2) is 50.6 Å². The number of benzene rings is 2. The van der Waals surface area contributed by atoms with Gasteiger partial charge in [-0.25, -0.2) is 0 Å². The van der Waals surface area contributed by atoms with Crippen LogP contribution < -0.4 is 15.0 Å². The van der Waals surface area contributed by atoms with Crippen molar-refractivity contribution >= 4 is 17.3 Å². The van der Waals surface area contributed by atoms with Gasteiger partial charge in [0, 0.05) is 44.8 Å². The minimum atomic E-state index is 0.215. The number of amides is 1. The van der Waals surface area contributed by atoms with Crippen molar-refractivity contribution in [3.05, 3.63) is 53.6 Å². The van der Waals surface area contributed by atoms with Crippen molar-refractivity contribution in [1.29, 1.82) is 0 Å². The third-order valence-electron chi connectivity index (χ3n) is 5.11. The second-order valence-electron chi connectivity index (χ2n) is 7.03. The molecular formula is C22H29N3O2. The van der Waals surface area contributed by atoms with Crippen LogP contribution in [0, 0.1) is 13.8 Å². The number of nitrogens with one attached hydrogen (secondary N) is 1. The molecule has 27 heavy (non-hydrogen) atoms. The molecule has 0 radical (unpaired) electrons. The van der Waals surface area contributed by atoms with Gasteiger partial charge in [-0.3, -0.25) is 4.79 Å². The molecule has 1 aliphatic heterocycles. The number of carbonyl (C=O) groups is 1. The molecule has 0 bridgehead atoms.